The summed E-state index contributed by atoms with van der Waals surface area (Å²) in [7, 11) is 0. The van der Waals surface area contributed by atoms with E-state index in [-0.39, 0.29) is 24.8 Å². The summed E-state index contributed by atoms with van der Waals surface area (Å²) in [5, 5.41) is 22.3. The van der Waals surface area contributed by atoms with E-state index in [2.05, 4.69) is 5.32 Å². The summed E-state index contributed by atoms with van der Waals surface area (Å²) in [6.07, 6.45) is -5.49. The molecule has 10 heteroatoms. The number of benzene rings is 1. The highest BCUT2D eigenvalue weighted by molar-refractivity contribution is 5.65. The highest BCUT2D eigenvalue weighted by Crippen LogP contribution is 2.37. The topological polar surface area (TPSA) is 95.7 Å². The number of likely N-dealkylation sites (tertiary alicyclic amines) is 1. The minimum Gasteiger partial charge on any atom is -0.465 e. The molecule has 1 aliphatic rings. The molecule has 0 radical (unpaired) electrons. The van der Waals surface area contributed by atoms with Gasteiger partial charge < -0.3 is 15.3 Å². The number of alkyl halides is 3. The molecular formula is C12H12F3N3O4. The summed E-state index contributed by atoms with van der Waals surface area (Å²) < 4.78 is 38.6. The Hall–Kier alpha value is -2.52. The highest BCUT2D eigenvalue weighted by Gasteiger charge is 2.38. The van der Waals surface area contributed by atoms with Crippen LogP contribution < -0.4 is 5.32 Å². The zero-order valence-corrected chi connectivity index (χ0v) is 11.1. The van der Waals surface area contributed by atoms with Crippen LogP contribution in [0.3, 0.4) is 0 Å². The first-order valence-corrected chi connectivity index (χ1v) is 6.28. The zero-order chi connectivity index (χ0) is 16.5. The molecule has 1 atom stereocenters. The molecule has 22 heavy (non-hydrogen) atoms. The number of amides is 1. The van der Waals surface area contributed by atoms with Gasteiger partial charge in [0.1, 0.15) is 5.56 Å². The number of hydrogen-bond acceptors (Lipinski definition) is 4. The minimum atomic E-state index is -4.84. The Morgan fingerprint density at radius 3 is 2.64 bits per heavy atom. The first-order chi connectivity index (χ1) is 10.2. The van der Waals surface area contributed by atoms with Crippen molar-refractivity contribution in [3.63, 3.8) is 0 Å². The number of nitro groups is 1. The van der Waals surface area contributed by atoms with Crippen LogP contribution in [0.15, 0.2) is 18.2 Å². The number of carboxylic acid groups (broad SMARTS) is 1. The predicted molar refractivity (Wildman–Crippen MR) is 69.7 cm³/mol. The van der Waals surface area contributed by atoms with Gasteiger partial charge in [-0.05, 0) is 18.6 Å². The van der Waals surface area contributed by atoms with Crippen molar-refractivity contribution in [1.82, 2.24) is 4.90 Å². The third-order valence-corrected chi connectivity index (χ3v) is 3.33. The average Bonchev–Trinajstić information content (AvgIpc) is 2.86. The second-order valence-electron chi connectivity index (χ2n) is 4.85. The van der Waals surface area contributed by atoms with Crippen LogP contribution in [0.1, 0.15) is 12.0 Å². The Labute approximate surface area is 122 Å². The number of hydrogen-bond donors (Lipinski definition) is 2. The number of anilines is 1. The molecule has 0 unspecified atom stereocenters. The van der Waals surface area contributed by atoms with Gasteiger partial charge in [-0.3, -0.25) is 10.1 Å². The SMILES string of the molecule is O=C(O)N1CC[C@@H](Nc2ccc([N+](=O)[O-])c(C(F)(F)F)c2)C1. The quantitative estimate of drug-likeness (QED) is 0.660. The predicted octanol–water partition coefficient (Wildman–Crippen LogP) is 2.78. The molecule has 0 saturated carbocycles. The lowest BCUT2D eigenvalue weighted by Crippen LogP contribution is -2.30. The van der Waals surface area contributed by atoms with Crippen LogP contribution >= 0.6 is 0 Å². The Morgan fingerprint density at radius 2 is 2.14 bits per heavy atom. The molecule has 0 aliphatic carbocycles. The van der Waals surface area contributed by atoms with Gasteiger partial charge in [-0.25, -0.2) is 4.79 Å². The maximum absolute atomic E-state index is 12.9. The van der Waals surface area contributed by atoms with Crippen LogP contribution in [0.2, 0.25) is 0 Å². The molecule has 1 fully saturated rings. The Balaban J connectivity index is 2.20. The average molecular weight is 319 g/mol. The maximum Gasteiger partial charge on any atom is 0.423 e. The molecular weight excluding hydrogens is 307 g/mol. The molecule has 1 aromatic carbocycles. The van der Waals surface area contributed by atoms with Gasteiger partial charge >= 0.3 is 12.3 Å². The van der Waals surface area contributed by atoms with Crippen molar-refractivity contribution < 1.29 is 28.0 Å². The second-order valence-corrected chi connectivity index (χ2v) is 4.85. The Morgan fingerprint density at radius 1 is 1.45 bits per heavy atom. The second kappa shape index (κ2) is 5.70. The van der Waals surface area contributed by atoms with Crippen molar-refractivity contribution in [3.8, 4) is 0 Å². The molecule has 0 aromatic heterocycles. The summed E-state index contributed by atoms with van der Waals surface area (Å²) in [6.45, 7) is 0.430. The van der Waals surface area contributed by atoms with Crippen LogP contribution in [-0.4, -0.2) is 40.2 Å². The number of halogens is 3. The van der Waals surface area contributed by atoms with E-state index in [4.69, 9.17) is 5.11 Å². The van der Waals surface area contributed by atoms with Crippen LogP contribution in [-0.2, 0) is 6.18 Å². The molecule has 2 rings (SSSR count). The smallest absolute Gasteiger partial charge is 0.423 e. The van der Waals surface area contributed by atoms with Crippen molar-refractivity contribution in [2.75, 3.05) is 18.4 Å². The van der Waals surface area contributed by atoms with E-state index in [0.29, 0.717) is 12.5 Å². The van der Waals surface area contributed by atoms with E-state index in [1.165, 1.54) is 6.07 Å². The number of carbonyl (C=O) groups is 1. The number of nitrogens with one attached hydrogen (secondary N) is 1. The highest BCUT2D eigenvalue weighted by atomic mass is 19.4. The van der Waals surface area contributed by atoms with E-state index in [1.54, 1.807) is 0 Å². The molecule has 1 saturated heterocycles. The number of nitrogens with zero attached hydrogens (tertiary/aromatic N) is 2. The molecule has 2 N–H and O–H groups in total. The first-order valence-electron chi connectivity index (χ1n) is 6.28. The molecule has 0 bridgehead atoms. The van der Waals surface area contributed by atoms with Crippen molar-refractivity contribution in [2.45, 2.75) is 18.6 Å². The van der Waals surface area contributed by atoms with Crippen LogP contribution in [0.25, 0.3) is 0 Å². The number of nitro benzene ring substituents is 1. The molecule has 1 aromatic rings. The molecule has 7 nitrogen and oxygen atoms in total. The van der Waals surface area contributed by atoms with Gasteiger partial charge in [-0.1, -0.05) is 0 Å². The summed E-state index contributed by atoms with van der Waals surface area (Å²) in [5.41, 5.74) is -2.29. The monoisotopic (exact) mass is 319 g/mol. The third-order valence-electron chi connectivity index (χ3n) is 3.33. The molecule has 1 aliphatic heterocycles. The summed E-state index contributed by atoms with van der Waals surface area (Å²) >= 11 is 0. The van der Waals surface area contributed by atoms with E-state index in [0.717, 1.165) is 11.0 Å². The van der Waals surface area contributed by atoms with Gasteiger partial charge in [0, 0.05) is 30.9 Å². The number of rotatable bonds is 3. The molecule has 1 amide bonds. The van der Waals surface area contributed by atoms with Crippen molar-refractivity contribution >= 4 is 17.5 Å². The maximum atomic E-state index is 12.9. The lowest BCUT2D eigenvalue weighted by atomic mass is 10.1. The first kappa shape index (κ1) is 15.9. The molecule has 1 heterocycles. The Kier molecular flexibility index (Phi) is 4.11. The molecule has 120 valence electrons. The van der Waals surface area contributed by atoms with Crippen molar-refractivity contribution in [3.05, 3.63) is 33.9 Å². The normalized spacial score (nSPS) is 18.3. The summed E-state index contributed by atoms with van der Waals surface area (Å²) in [6, 6.07) is 2.30. The van der Waals surface area contributed by atoms with Gasteiger partial charge in [0.25, 0.3) is 5.69 Å². The molecule has 0 spiro atoms. The third kappa shape index (κ3) is 3.38. The summed E-state index contributed by atoms with van der Waals surface area (Å²) in [4.78, 5) is 21.5. The fourth-order valence-electron chi connectivity index (χ4n) is 2.30. The summed E-state index contributed by atoms with van der Waals surface area (Å²) in [5.74, 6) is 0. The lowest BCUT2D eigenvalue weighted by molar-refractivity contribution is -0.388. The van der Waals surface area contributed by atoms with E-state index in [1.807, 2.05) is 0 Å². The van der Waals surface area contributed by atoms with E-state index in [9.17, 15) is 28.1 Å². The standard InChI is InChI=1S/C12H12F3N3O4/c13-12(14,15)9-5-7(1-2-10(9)18(21)22)16-8-3-4-17(6-8)11(19)20/h1-2,5,8,16H,3-4,6H2,(H,19,20)/t8-/m1/s1. The minimum absolute atomic E-state index is 0.0650. The van der Waals surface area contributed by atoms with Gasteiger partial charge in [0.15, 0.2) is 0 Å². The lowest BCUT2D eigenvalue weighted by Gasteiger charge is -2.16. The zero-order valence-electron chi connectivity index (χ0n) is 11.1. The largest absolute Gasteiger partial charge is 0.465 e. The van der Waals surface area contributed by atoms with Crippen molar-refractivity contribution in [1.29, 1.82) is 0 Å². The van der Waals surface area contributed by atoms with Crippen LogP contribution in [0, 0.1) is 10.1 Å². The van der Waals surface area contributed by atoms with Crippen LogP contribution in [0.4, 0.5) is 29.3 Å². The van der Waals surface area contributed by atoms with Gasteiger partial charge in [0.05, 0.1) is 4.92 Å². The van der Waals surface area contributed by atoms with Crippen molar-refractivity contribution in [2.24, 2.45) is 0 Å². The fraction of sp³-hybridized carbons (Fsp3) is 0.417. The fourth-order valence-corrected chi connectivity index (χ4v) is 2.30. The van der Waals surface area contributed by atoms with Gasteiger partial charge in [-0.15, -0.1) is 0 Å². The van der Waals surface area contributed by atoms with Gasteiger partial charge in [-0.2, -0.15) is 13.2 Å². The van der Waals surface area contributed by atoms with Crippen LogP contribution in [0.5, 0.6) is 0 Å². The Bertz CT molecular complexity index is 606. The van der Waals surface area contributed by atoms with Gasteiger partial charge in [0.2, 0.25) is 0 Å². The van der Waals surface area contributed by atoms with E-state index >= 15 is 0 Å². The van der Waals surface area contributed by atoms with E-state index < -0.39 is 28.4 Å².